The summed E-state index contributed by atoms with van der Waals surface area (Å²) < 4.78 is 0. The smallest absolute Gasteiger partial charge is 0.308 e. The van der Waals surface area contributed by atoms with Gasteiger partial charge < -0.3 is 10.2 Å². The van der Waals surface area contributed by atoms with E-state index >= 15 is 0 Å². The maximum absolute atomic E-state index is 11.3. The third-order valence-corrected chi connectivity index (χ3v) is 5.12. The first-order chi connectivity index (χ1) is 8.08. The Hall–Kier alpha value is -1.32. The number of carboxylic acids is 2. The van der Waals surface area contributed by atoms with Crippen molar-refractivity contribution in [3.63, 3.8) is 0 Å². The molecule has 4 heteroatoms. The molecule has 4 nitrogen and oxygen atoms in total. The van der Waals surface area contributed by atoms with E-state index in [1.807, 2.05) is 12.2 Å². The molecule has 2 bridgehead atoms. The Balaban J connectivity index is 2.05. The predicted molar refractivity (Wildman–Crippen MR) is 59.3 cm³/mol. The van der Waals surface area contributed by atoms with Crippen LogP contribution in [0.5, 0.6) is 0 Å². The van der Waals surface area contributed by atoms with Crippen molar-refractivity contribution in [3.8, 4) is 0 Å². The van der Waals surface area contributed by atoms with Crippen molar-refractivity contribution >= 4 is 11.9 Å². The normalized spacial score (nSPS) is 41.2. The molecule has 17 heavy (non-hydrogen) atoms. The molecule has 0 unspecified atom stereocenters. The lowest BCUT2D eigenvalue weighted by molar-refractivity contribution is -0.154. The number of carboxylic acid groups (broad SMARTS) is 2. The van der Waals surface area contributed by atoms with Crippen LogP contribution < -0.4 is 0 Å². The van der Waals surface area contributed by atoms with Gasteiger partial charge in [-0.3, -0.25) is 9.59 Å². The molecule has 0 aromatic heterocycles. The number of rotatable bonds is 2. The molecule has 92 valence electrons. The van der Waals surface area contributed by atoms with Gasteiger partial charge in [0.1, 0.15) is 0 Å². The molecule has 0 heterocycles. The molecule has 0 saturated heterocycles. The predicted octanol–water partition coefficient (Wildman–Crippen LogP) is 1.76. The van der Waals surface area contributed by atoms with Crippen LogP contribution in [0.25, 0.3) is 0 Å². The number of hydrogen-bond acceptors (Lipinski definition) is 2. The highest BCUT2D eigenvalue weighted by molar-refractivity contribution is 5.83. The summed E-state index contributed by atoms with van der Waals surface area (Å²) in [4.78, 5) is 22.7. The molecule has 0 aromatic rings. The Bertz CT molecular complexity index is 374. The van der Waals surface area contributed by atoms with Crippen molar-refractivity contribution < 1.29 is 19.8 Å². The van der Waals surface area contributed by atoms with Crippen LogP contribution >= 0.6 is 0 Å². The second kappa shape index (κ2) is 3.34. The summed E-state index contributed by atoms with van der Waals surface area (Å²) in [5, 5.41) is 18.6. The lowest BCUT2D eigenvalue weighted by atomic mass is 9.74. The SMILES string of the molecule is O=C(O)[C@@H]1[C@H](C(=O)O)[C@@H]2C=C[C@H]1C21CCCC1. The van der Waals surface area contributed by atoms with Crippen LogP contribution in [0, 0.1) is 29.1 Å². The highest BCUT2D eigenvalue weighted by atomic mass is 16.4. The zero-order valence-corrected chi connectivity index (χ0v) is 9.50. The summed E-state index contributed by atoms with van der Waals surface area (Å²) in [6.07, 6.45) is 8.12. The van der Waals surface area contributed by atoms with Crippen molar-refractivity contribution in [1.29, 1.82) is 0 Å². The molecule has 4 atom stereocenters. The minimum atomic E-state index is -0.944. The molecule has 2 saturated carbocycles. The first-order valence-electron chi connectivity index (χ1n) is 6.22. The average Bonchev–Trinajstić information content (AvgIpc) is 2.94. The monoisotopic (exact) mass is 236 g/mol. The molecule has 3 aliphatic carbocycles. The molecule has 0 radical (unpaired) electrons. The van der Waals surface area contributed by atoms with Gasteiger partial charge in [-0.15, -0.1) is 0 Å². The minimum absolute atomic E-state index is 0.0495. The van der Waals surface area contributed by atoms with E-state index < -0.39 is 23.8 Å². The maximum atomic E-state index is 11.3. The van der Waals surface area contributed by atoms with E-state index in [1.165, 1.54) is 0 Å². The first-order valence-corrected chi connectivity index (χ1v) is 6.22. The van der Waals surface area contributed by atoms with Crippen LogP contribution in [0.2, 0.25) is 0 Å². The summed E-state index contributed by atoms with van der Waals surface area (Å²) in [6, 6.07) is 0. The third kappa shape index (κ3) is 1.18. The Morgan fingerprint density at radius 2 is 1.35 bits per heavy atom. The molecular weight excluding hydrogens is 220 g/mol. The van der Waals surface area contributed by atoms with Gasteiger partial charge in [-0.2, -0.15) is 0 Å². The summed E-state index contributed by atoms with van der Waals surface area (Å²) >= 11 is 0. The highest BCUT2D eigenvalue weighted by Gasteiger charge is 2.65. The molecule has 2 N–H and O–H groups in total. The van der Waals surface area contributed by atoms with E-state index in [9.17, 15) is 19.8 Å². The standard InChI is InChI=1S/C13H16O4/c14-11(15)9-7-3-4-8(10(9)12(16)17)13(7)5-1-2-6-13/h3-4,7-10H,1-2,5-6H2,(H,14,15)(H,16,17)/t7-,8+,9+,10-. The lowest BCUT2D eigenvalue weighted by Crippen LogP contribution is -2.32. The van der Waals surface area contributed by atoms with E-state index in [0.717, 1.165) is 25.7 Å². The second-order valence-electron chi connectivity index (χ2n) is 5.60. The van der Waals surface area contributed by atoms with Crippen LogP contribution in [0.15, 0.2) is 12.2 Å². The third-order valence-electron chi connectivity index (χ3n) is 5.12. The molecule has 3 aliphatic rings. The largest absolute Gasteiger partial charge is 0.481 e. The second-order valence-corrected chi connectivity index (χ2v) is 5.60. The lowest BCUT2D eigenvalue weighted by Gasteiger charge is -2.30. The van der Waals surface area contributed by atoms with Crippen molar-refractivity contribution in [2.24, 2.45) is 29.1 Å². The quantitative estimate of drug-likeness (QED) is 0.716. The molecule has 0 aliphatic heterocycles. The summed E-state index contributed by atoms with van der Waals surface area (Å²) in [5.41, 5.74) is -0.0495. The Kier molecular flexibility index (Phi) is 2.12. The molecule has 1 spiro atoms. The van der Waals surface area contributed by atoms with Gasteiger partial charge in [0.25, 0.3) is 0 Å². The number of carbonyl (C=O) groups is 2. The van der Waals surface area contributed by atoms with E-state index in [-0.39, 0.29) is 17.3 Å². The van der Waals surface area contributed by atoms with E-state index in [4.69, 9.17) is 0 Å². The minimum Gasteiger partial charge on any atom is -0.481 e. The van der Waals surface area contributed by atoms with Gasteiger partial charge in [-0.25, -0.2) is 0 Å². The molecular formula is C13H16O4. The van der Waals surface area contributed by atoms with Crippen LogP contribution in [0.4, 0.5) is 0 Å². The zero-order chi connectivity index (χ0) is 12.2. The van der Waals surface area contributed by atoms with Crippen LogP contribution in [0.3, 0.4) is 0 Å². The van der Waals surface area contributed by atoms with Gasteiger partial charge in [-0.05, 0) is 30.1 Å². The fourth-order valence-corrected chi connectivity index (χ4v) is 4.56. The zero-order valence-electron chi connectivity index (χ0n) is 9.50. The average molecular weight is 236 g/mol. The van der Waals surface area contributed by atoms with Crippen LogP contribution in [-0.4, -0.2) is 22.2 Å². The molecule has 3 rings (SSSR count). The van der Waals surface area contributed by atoms with E-state index in [2.05, 4.69) is 0 Å². The maximum Gasteiger partial charge on any atom is 0.308 e. The number of allylic oxidation sites excluding steroid dienone is 2. The van der Waals surface area contributed by atoms with Crippen molar-refractivity contribution in [3.05, 3.63) is 12.2 Å². The highest BCUT2D eigenvalue weighted by Crippen LogP contribution is 2.66. The summed E-state index contributed by atoms with van der Waals surface area (Å²) in [7, 11) is 0. The molecule has 0 amide bonds. The van der Waals surface area contributed by atoms with E-state index in [0.29, 0.717) is 0 Å². The van der Waals surface area contributed by atoms with Crippen molar-refractivity contribution in [1.82, 2.24) is 0 Å². The number of hydrogen-bond donors (Lipinski definition) is 2. The fourth-order valence-electron chi connectivity index (χ4n) is 4.56. The topological polar surface area (TPSA) is 74.6 Å². The fraction of sp³-hybridized carbons (Fsp3) is 0.692. The van der Waals surface area contributed by atoms with Gasteiger partial charge in [0.05, 0.1) is 11.8 Å². The summed E-state index contributed by atoms with van der Waals surface area (Å²) in [6.45, 7) is 0. The van der Waals surface area contributed by atoms with Gasteiger partial charge in [0, 0.05) is 0 Å². The van der Waals surface area contributed by atoms with Crippen LogP contribution in [0.1, 0.15) is 25.7 Å². The van der Waals surface area contributed by atoms with Gasteiger partial charge in [0.15, 0.2) is 0 Å². The van der Waals surface area contributed by atoms with Crippen molar-refractivity contribution in [2.45, 2.75) is 25.7 Å². The van der Waals surface area contributed by atoms with Gasteiger partial charge in [0.2, 0.25) is 0 Å². The Morgan fingerprint density at radius 3 is 1.71 bits per heavy atom. The van der Waals surface area contributed by atoms with E-state index in [1.54, 1.807) is 0 Å². The van der Waals surface area contributed by atoms with Crippen LogP contribution in [-0.2, 0) is 9.59 Å². The Morgan fingerprint density at radius 1 is 0.941 bits per heavy atom. The number of aliphatic carboxylic acids is 2. The Labute approximate surface area is 99.3 Å². The summed E-state index contributed by atoms with van der Waals surface area (Å²) in [5.74, 6) is -3.45. The molecule has 2 fully saturated rings. The van der Waals surface area contributed by atoms with Gasteiger partial charge in [-0.1, -0.05) is 25.0 Å². The van der Waals surface area contributed by atoms with Gasteiger partial charge >= 0.3 is 11.9 Å². The van der Waals surface area contributed by atoms with Crippen molar-refractivity contribution in [2.75, 3.05) is 0 Å². The first kappa shape index (κ1) is 10.8. The molecule has 0 aromatic carbocycles.